The molecule has 0 saturated carbocycles. The minimum absolute atomic E-state index is 0.111. The van der Waals surface area contributed by atoms with E-state index in [9.17, 15) is 9.59 Å². The predicted octanol–water partition coefficient (Wildman–Crippen LogP) is 2.45. The first kappa shape index (κ1) is 12.0. The third-order valence-electron chi connectivity index (χ3n) is 2.88. The lowest BCUT2D eigenvalue weighted by Crippen LogP contribution is -2.21. The first-order valence-electron chi connectivity index (χ1n) is 5.69. The fourth-order valence-corrected chi connectivity index (χ4v) is 2.99. The molecule has 0 spiro atoms. The van der Waals surface area contributed by atoms with Crippen molar-refractivity contribution in [3.05, 3.63) is 46.3 Å². The van der Waals surface area contributed by atoms with E-state index < -0.39 is 5.25 Å². The quantitative estimate of drug-likeness (QED) is 0.748. The number of methoxy groups -OCH3 is 1. The highest BCUT2D eigenvalue weighted by atomic mass is 32.2. The Morgan fingerprint density at radius 2 is 2.16 bits per heavy atom. The fourth-order valence-electron chi connectivity index (χ4n) is 1.95. The molecule has 1 aromatic heterocycles. The van der Waals surface area contributed by atoms with E-state index in [0.717, 1.165) is 11.8 Å². The zero-order valence-corrected chi connectivity index (χ0v) is 10.9. The van der Waals surface area contributed by atoms with Crippen molar-refractivity contribution in [2.45, 2.75) is 10.1 Å². The third kappa shape index (κ3) is 1.96. The van der Waals surface area contributed by atoms with Crippen LogP contribution in [0.3, 0.4) is 0 Å². The molecule has 96 valence electrons. The minimum Gasteiger partial charge on any atom is -0.468 e. The molecule has 0 aliphatic carbocycles. The number of hydrogen-bond donors (Lipinski definition) is 0. The average molecular weight is 274 g/mol. The Morgan fingerprint density at radius 3 is 2.95 bits per heavy atom. The molecule has 0 amide bonds. The summed E-state index contributed by atoms with van der Waals surface area (Å²) in [5.41, 5.74) is 0.438. The number of carbonyl (C=O) groups is 1. The number of rotatable bonds is 1. The summed E-state index contributed by atoms with van der Waals surface area (Å²) in [4.78, 5) is 24.3. The number of fused-ring (bicyclic) bond motifs is 2. The van der Waals surface area contributed by atoms with Crippen molar-refractivity contribution in [1.82, 2.24) is 0 Å². The fraction of sp³-hybridized carbons (Fsp3) is 0.143. The van der Waals surface area contributed by atoms with Gasteiger partial charge in [0.25, 0.3) is 0 Å². The second-order valence-electron chi connectivity index (χ2n) is 4.04. The van der Waals surface area contributed by atoms with Crippen LogP contribution in [0.2, 0.25) is 0 Å². The second-order valence-corrected chi connectivity index (χ2v) is 5.19. The maximum absolute atomic E-state index is 12.4. The van der Waals surface area contributed by atoms with Crippen LogP contribution in [0, 0.1) is 0 Å². The molecule has 5 heteroatoms. The van der Waals surface area contributed by atoms with Crippen LogP contribution in [0.4, 0.5) is 0 Å². The molecule has 19 heavy (non-hydrogen) atoms. The summed E-state index contributed by atoms with van der Waals surface area (Å²) in [5.74, 6) is 0.119. The lowest BCUT2D eigenvalue weighted by molar-refractivity contribution is -0.139. The van der Waals surface area contributed by atoms with Crippen LogP contribution in [-0.2, 0) is 9.53 Å². The zero-order chi connectivity index (χ0) is 13.4. The molecule has 1 atom stereocenters. The van der Waals surface area contributed by atoms with Gasteiger partial charge in [0.2, 0.25) is 5.43 Å². The van der Waals surface area contributed by atoms with Crippen LogP contribution in [-0.4, -0.2) is 18.3 Å². The van der Waals surface area contributed by atoms with E-state index in [1.165, 1.54) is 7.11 Å². The van der Waals surface area contributed by atoms with Crippen LogP contribution in [0.25, 0.3) is 17.0 Å². The van der Waals surface area contributed by atoms with Gasteiger partial charge in [0, 0.05) is 0 Å². The zero-order valence-electron chi connectivity index (χ0n) is 10.1. The van der Waals surface area contributed by atoms with Gasteiger partial charge in [-0.15, -0.1) is 0 Å². The Labute approximate surface area is 113 Å². The third-order valence-corrected chi connectivity index (χ3v) is 4.11. The highest BCUT2D eigenvalue weighted by Gasteiger charge is 2.26. The number of esters is 1. The molecule has 1 aromatic carbocycles. The number of hydrogen-bond acceptors (Lipinski definition) is 5. The molecule has 0 radical (unpaired) electrons. The number of carbonyl (C=O) groups excluding carboxylic acids is 1. The number of thioether (sulfide) groups is 1. The summed E-state index contributed by atoms with van der Waals surface area (Å²) in [7, 11) is 1.33. The normalized spacial score (nSPS) is 17.2. The van der Waals surface area contributed by atoms with E-state index in [1.54, 1.807) is 30.4 Å². The van der Waals surface area contributed by atoms with Gasteiger partial charge >= 0.3 is 5.97 Å². The van der Waals surface area contributed by atoms with Gasteiger partial charge in [0.05, 0.1) is 17.4 Å². The molecule has 0 N–H and O–H groups in total. The Balaban J connectivity index is 2.17. The van der Waals surface area contributed by atoms with E-state index >= 15 is 0 Å². The SMILES string of the molecule is COC(=O)C1C=Cc2oc3ccccc3c(=O)c2S1. The van der Waals surface area contributed by atoms with Gasteiger partial charge < -0.3 is 9.15 Å². The molecule has 4 nitrogen and oxygen atoms in total. The summed E-state index contributed by atoms with van der Waals surface area (Å²) >= 11 is 1.16. The van der Waals surface area contributed by atoms with Crippen molar-refractivity contribution < 1.29 is 13.9 Å². The number of ether oxygens (including phenoxy) is 1. The molecular formula is C14H10O4S. The van der Waals surface area contributed by atoms with E-state index in [-0.39, 0.29) is 11.4 Å². The van der Waals surface area contributed by atoms with Gasteiger partial charge in [0.1, 0.15) is 16.6 Å². The largest absolute Gasteiger partial charge is 0.468 e. The predicted molar refractivity (Wildman–Crippen MR) is 73.2 cm³/mol. The Bertz CT molecular complexity index is 745. The monoisotopic (exact) mass is 274 g/mol. The summed E-state index contributed by atoms with van der Waals surface area (Å²) in [6, 6.07) is 7.07. The smallest absolute Gasteiger partial charge is 0.323 e. The van der Waals surface area contributed by atoms with Gasteiger partial charge in [0.15, 0.2) is 0 Å². The lowest BCUT2D eigenvalue weighted by Gasteiger charge is -2.15. The molecule has 2 aromatic rings. The first-order valence-corrected chi connectivity index (χ1v) is 6.57. The summed E-state index contributed by atoms with van der Waals surface area (Å²) in [6.45, 7) is 0. The van der Waals surface area contributed by atoms with Gasteiger partial charge in [-0.05, 0) is 18.2 Å². The maximum Gasteiger partial charge on any atom is 0.323 e. The van der Waals surface area contributed by atoms with Crippen molar-refractivity contribution >= 4 is 34.8 Å². The van der Waals surface area contributed by atoms with E-state index in [4.69, 9.17) is 4.42 Å². The van der Waals surface area contributed by atoms with Crippen molar-refractivity contribution in [2.75, 3.05) is 7.11 Å². The van der Waals surface area contributed by atoms with Gasteiger partial charge in [-0.1, -0.05) is 30.0 Å². The van der Waals surface area contributed by atoms with Crippen LogP contribution in [0.1, 0.15) is 5.76 Å². The second kappa shape index (κ2) is 4.59. The summed E-state index contributed by atoms with van der Waals surface area (Å²) in [5, 5.41) is 0.0224. The maximum atomic E-state index is 12.4. The molecule has 0 bridgehead atoms. The molecular weight excluding hydrogens is 264 g/mol. The highest BCUT2D eigenvalue weighted by molar-refractivity contribution is 8.01. The highest BCUT2D eigenvalue weighted by Crippen LogP contribution is 2.33. The standard InChI is InChI=1S/C14H10O4S/c1-17-14(16)11-7-6-10-13(19-11)12(15)8-4-2-3-5-9(8)18-10/h2-7,11H,1H3. The number of benzene rings is 1. The van der Waals surface area contributed by atoms with Crippen molar-refractivity contribution in [2.24, 2.45) is 0 Å². The molecule has 1 aliphatic rings. The molecule has 0 fully saturated rings. The molecule has 1 aliphatic heterocycles. The van der Waals surface area contributed by atoms with Gasteiger partial charge in [-0.3, -0.25) is 9.59 Å². The minimum atomic E-state index is -0.499. The van der Waals surface area contributed by atoms with E-state index in [2.05, 4.69) is 4.74 Å². The van der Waals surface area contributed by atoms with Crippen LogP contribution >= 0.6 is 11.8 Å². The molecule has 2 heterocycles. The van der Waals surface area contributed by atoms with Crippen LogP contribution in [0.5, 0.6) is 0 Å². The first-order chi connectivity index (χ1) is 9.20. The Kier molecular flexibility index (Phi) is 2.91. The molecule has 3 rings (SSSR count). The van der Waals surface area contributed by atoms with E-state index in [0.29, 0.717) is 21.6 Å². The van der Waals surface area contributed by atoms with Gasteiger partial charge in [-0.2, -0.15) is 0 Å². The lowest BCUT2D eigenvalue weighted by atomic mass is 10.2. The number of para-hydroxylation sites is 1. The molecule has 0 saturated heterocycles. The van der Waals surface area contributed by atoms with Crippen LogP contribution < -0.4 is 5.43 Å². The summed E-state index contributed by atoms with van der Waals surface area (Å²) in [6.07, 6.45) is 3.33. The Morgan fingerprint density at radius 1 is 1.37 bits per heavy atom. The Hall–Kier alpha value is -2.01. The van der Waals surface area contributed by atoms with Crippen LogP contribution in [0.15, 0.2) is 44.4 Å². The molecule has 1 unspecified atom stereocenters. The van der Waals surface area contributed by atoms with E-state index in [1.807, 2.05) is 6.07 Å². The van der Waals surface area contributed by atoms with Crippen molar-refractivity contribution in [1.29, 1.82) is 0 Å². The van der Waals surface area contributed by atoms with Crippen molar-refractivity contribution in [3.8, 4) is 0 Å². The summed E-state index contributed by atoms with van der Waals surface area (Å²) < 4.78 is 10.4. The van der Waals surface area contributed by atoms with Gasteiger partial charge in [-0.25, -0.2) is 0 Å². The average Bonchev–Trinajstić information content (AvgIpc) is 2.46. The topological polar surface area (TPSA) is 56.5 Å². The van der Waals surface area contributed by atoms with Crippen molar-refractivity contribution in [3.63, 3.8) is 0 Å².